The molecule has 2 aromatic rings. The molecule has 0 amide bonds. The average molecular weight is 252 g/mol. The highest BCUT2D eigenvalue weighted by atomic mass is 35.5. The number of fused-ring (bicyclic) bond motifs is 1. The number of hydrogen-bond donors (Lipinski definition) is 0. The van der Waals surface area contributed by atoms with Crippen molar-refractivity contribution in [1.29, 1.82) is 0 Å². The third-order valence-electron chi connectivity index (χ3n) is 2.35. The predicted octanol–water partition coefficient (Wildman–Crippen LogP) is 4.53. The number of aromatic nitrogens is 1. The second kappa shape index (κ2) is 5.33. The predicted molar refractivity (Wildman–Crippen MR) is 71.1 cm³/mol. The minimum Gasteiger partial charge on any atom is -0.243 e. The van der Waals surface area contributed by atoms with E-state index in [0.717, 1.165) is 22.8 Å². The van der Waals surface area contributed by atoms with Gasteiger partial charge in [0, 0.05) is 23.0 Å². The molecule has 0 bridgehead atoms. The highest BCUT2D eigenvalue weighted by molar-refractivity contribution is 6.34. The minimum absolute atomic E-state index is 0.546. The first-order chi connectivity index (χ1) is 7.83. The monoisotopic (exact) mass is 251 g/mol. The number of benzene rings is 1. The van der Waals surface area contributed by atoms with Crippen LogP contribution >= 0.6 is 23.2 Å². The minimum atomic E-state index is 0.546. The van der Waals surface area contributed by atoms with Gasteiger partial charge in [0.15, 0.2) is 0 Å². The number of pyridine rings is 1. The molecule has 0 aliphatic heterocycles. The number of hydrogen-bond acceptors (Lipinski definition) is 1. The van der Waals surface area contributed by atoms with Gasteiger partial charge in [0.1, 0.15) is 5.15 Å². The summed E-state index contributed by atoms with van der Waals surface area (Å²) in [4.78, 5) is 4.17. The molecule has 2 rings (SSSR count). The van der Waals surface area contributed by atoms with E-state index in [0.29, 0.717) is 11.0 Å². The fourth-order valence-corrected chi connectivity index (χ4v) is 1.93. The van der Waals surface area contributed by atoms with Gasteiger partial charge < -0.3 is 0 Å². The van der Waals surface area contributed by atoms with Crippen molar-refractivity contribution in [3.05, 3.63) is 47.3 Å². The van der Waals surface area contributed by atoms with Crippen LogP contribution in [-0.4, -0.2) is 10.9 Å². The van der Waals surface area contributed by atoms with Crippen LogP contribution in [0.1, 0.15) is 12.0 Å². The SMILES string of the molecule is ClCCC=Cc1cnc(Cl)c2ccccc12. The summed E-state index contributed by atoms with van der Waals surface area (Å²) >= 11 is 11.7. The first kappa shape index (κ1) is 11.4. The molecule has 3 heteroatoms. The van der Waals surface area contributed by atoms with E-state index in [1.807, 2.05) is 36.4 Å². The van der Waals surface area contributed by atoms with Crippen molar-refractivity contribution in [3.63, 3.8) is 0 Å². The van der Waals surface area contributed by atoms with Crippen LogP contribution in [0.5, 0.6) is 0 Å². The summed E-state index contributed by atoms with van der Waals surface area (Å²) in [6, 6.07) is 7.98. The zero-order chi connectivity index (χ0) is 11.4. The van der Waals surface area contributed by atoms with Crippen LogP contribution in [0, 0.1) is 0 Å². The fraction of sp³-hybridized carbons (Fsp3) is 0.154. The average Bonchev–Trinajstić information content (AvgIpc) is 2.33. The van der Waals surface area contributed by atoms with E-state index in [4.69, 9.17) is 23.2 Å². The van der Waals surface area contributed by atoms with Crippen LogP contribution in [0.15, 0.2) is 36.5 Å². The summed E-state index contributed by atoms with van der Waals surface area (Å²) in [6.07, 6.45) is 6.73. The summed E-state index contributed by atoms with van der Waals surface area (Å²) in [5.74, 6) is 0.634. The number of allylic oxidation sites excluding steroid dienone is 1. The lowest BCUT2D eigenvalue weighted by Crippen LogP contribution is -1.83. The van der Waals surface area contributed by atoms with Gasteiger partial charge in [0.05, 0.1) is 0 Å². The quantitative estimate of drug-likeness (QED) is 0.577. The number of nitrogens with zero attached hydrogens (tertiary/aromatic N) is 1. The van der Waals surface area contributed by atoms with Crippen molar-refractivity contribution in [3.8, 4) is 0 Å². The lowest BCUT2D eigenvalue weighted by atomic mass is 10.1. The molecule has 0 fully saturated rings. The normalized spacial score (nSPS) is 11.4. The standard InChI is InChI=1S/C13H11Cl2N/c14-8-4-3-5-10-9-16-13(15)12-7-2-1-6-11(10)12/h1-3,5-7,9H,4,8H2. The Bertz CT molecular complexity index is 520. The van der Waals surface area contributed by atoms with Gasteiger partial charge in [-0.25, -0.2) is 4.98 Å². The molecular weight excluding hydrogens is 241 g/mol. The maximum absolute atomic E-state index is 6.03. The molecule has 1 aromatic heterocycles. The van der Waals surface area contributed by atoms with Crippen LogP contribution in [0.4, 0.5) is 0 Å². The van der Waals surface area contributed by atoms with E-state index in [9.17, 15) is 0 Å². The largest absolute Gasteiger partial charge is 0.243 e. The molecule has 0 saturated heterocycles. The maximum Gasteiger partial charge on any atom is 0.136 e. The molecule has 0 aliphatic carbocycles. The lowest BCUT2D eigenvalue weighted by molar-refractivity contribution is 1.24. The van der Waals surface area contributed by atoms with Crippen molar-refractivity contribution in [1.82, 2.24) is 4.98 Å². The molecule has 0 spiro atoms. The Kier molecular flexibility index (Phi) is 3.81. The van der Waals surface area contributed by atoms with Crippen molar-refractivity contribution < 1.29 is 0 Å². The Hall–Kier alpha value is -1.05. The third-order valence-corrected chi connectivity index (χ3v) is 2.87. The number of rotatable bonds is 3. The van der Waals surface area contributed by atoms with Gasteiger partial charge in [-0.1, -0.05) is 48.0 Å². The smallest absolute Gasteiger partial charge is 0.136 e. The first-order valence-electron chi connectivity index (χ1n) is 5.08. The van der Waals surface area contributed by atoms with Crippen LogP contribution in [-0.2, 0) is 0 Å². The van der Waals surface area contributed by atoms with Crippen LogP contribution in [0.3, 0.4) is 0 Å². The van der Waals surface area contributed by atoms with Crippen molar-refractivity contribution in [2.45, 2.75) is 6.42 Å². The van der Waals surface area contributed by atoms with Gasteiger partial charge >= 0.3 is 0 Å². The second-order valence-corrected chi connectivity index (χ2v) is 4.17. The fourth-order valence-electron chi connectivity index (χ4n) is 1.59. The second-order valence-electron chi connectivity index (χ2n) is 3.43. The van der Waals surface area contributed by atoms with E-state index in [-0.39, 0.29) is 0 Å². The summed E-state index contributed by atoms with van der Waals surface area (Å²) in [5, 5.41) is 2.65. The maximum atomic E-state index is 6.03. The molecule has 0 saturated carbocycles. The molecule has 0 N–H and O–H groups in total. The Labute approximate surface area is 105 Å². The van der Waals surface area contributed by atoms with Gasteiger partial charge in [-0.3, -0.25) is 0 Å². The Morgan fingerprint density at radius 1 is 1.19 bits per heavy atom. The lowest BCUT2D eigenvalue weighted by Gasteiger charge is -2.03. The highest BCUT2D eigenvalue weighted by Gasteiger charge is 2.02. The molecule has 0 atom stereocenters. The van der Waals surface area contributed by atoms with E-state index in [1.54, 1.807) is 6.20 Å². The number of alkyl halides is 1. The van der Waals surface area contributed by atoms with E-state index >= 15 is 0 Å². The molecule has 0 radical (unpaired) electrons. The van der Waals surface area contributed by atoms with Crippen molar-refractivity contribution in [2.75, 3.05) is 5.88 Å². The van der Waals surface area contributed by atoms with E-state index < -0.39 is 0 Å². The van der Waals surface area contributed by atoms with E-state index in [2.05, 4.69) is 4.98 Å². The van der Waals surface area contributed by atoms with Crippen molar-refractivity contribution >= 4 is 40.1 Å². The topological polar surface area (TPSA) is 12.9 Å². The van der Waals surface area contributed by atoms with Gasteiger partial charge in [-0.05, 0) is 11.8 Å². The molecule has 0 unspecified atom stereocenters. The molecule has 16 heavy (non-hydrogen) atoms. The van der Waals surface area contributed by atoms with Gasteiger partial charge in [0.2, 0.25) is 0 Å². The summed E-state index contributed by atoms with van der Waals surface area (Å²) in [5.41, 5.74) is 1.07. The van der Waals surface area contributed by atoms with Crippen LogP contribution in [0.2, 0.25) is 5.15 Å². The zero-order valence-electron chi connectivity index (χ0n) is 8.66. The molecular formula is C13H11Cl2N. The Morgan fingerprint density at radius 3 is 2.69 bits per heavy atom. The van der Waals surface area contributed by atoms with Gasteiger partial charge in [0.25, 0.3) is 0 Å². The first-order valence-corrected chi connectivity index (χ1v) is 6.00. The summed E-state index contributed by atoms with van der Waals surface area (Å²) < 4.78 is 0. The molecule has 1 nitrogen and oxygen atoms in total. The summed E-state index contributed by atoms with van der Waals surface area (Å²) in [7, 11) is 0. The van der Waals surface area contributed by atoms with Crippen LogP contribution < -0.4 is 0 Å². The zero-order valence-corrected chi connectivity index (χ0v) is 10.2. The van der Waals surface area contributed by atoms with Crippen LogP contribution in [0.25, 0.3) is 16.8 Å². The van der Waals surface area contributed by atoms with E-state index in [1.165, 1.54) is 0 Å². The Balaban J connectivity index is 2.50. The van der Waals surface area contributed by atoms with Crippen molar-refractivity contribution in [2.24, 2.45) is 0 Å². The third kappa shape index (κ3) is 2.37. The molecule has 82 valence electrons. The van der Waals surface area contributed by atoms with Gasteiger partial charge in [-0.15, -0.1) is 11.6 Å². The summed E-state index contributed by atoms with van der Waals surface area (Å²) in [6.45, 7) is 0. The molecule has 1 heterocycles. The molecule has 0 aliphatic rings. The Morgan fingerprint density at radius 2 is 1.94 bits per heavy atom. The highest BCUT2D eigenvalue weighted by Crippen LogP contribution is 2.24. The van der Waals surface area contributed by atoms with Gasteiger partial charge in [-0.2, -0.15) is 0 Å². The number of halogens is 2. The molecule has 1 aromatic carbocycles.